The van der Waals surface area contributed by atoms with E-state index in [1.54, 1.807) is 0 Å². The van der Waals surface area contributed by atoms with E-state index in [-0.39, 0.29) is 66.3 Å². The second kappa shape index (κ2) is 18.9. The van der Waals surface area contributed by atoms with Gasteiger partial charge in [-0.3, -0.25) is 0 Å². The minimum Gasteiger partial charge on any atom is -0.153 e. The first-order chi connectivity index (χ1) is 0. The van der Waals surface area contributed by atoms with Crippen molar-refractivity contribution < 1.29 is 56.4 Å². The summed E-state index contributed by atoms with van der Waals surface area (Å²) in [7, 11) is 0. The molecule has 0 bridgehead atoms. The van der Waals surface area contributed by atoms with E-state index in [4.69, 9.17) is 0 Å². The Labute approximate surface area is 65.8 Å². The molecule has 2 radical (unpaired) electrons. The average Bonchev–Trinajstić information content (AvgIpc) is 0. The monoisotopic (exact) mass is 242 g/mol. The summed E-state index contributed by atoms with van der Waals surface area (Å²) in [6, 6.07) is 0. The van der Waals surface area contributed by atoms with Crippen molar-refractivity contribution in [1.29, 1.82) is 0 Å². The third kappa shape index (κ3) is 8.88. The van der Waals surface area contributed by atoms with Crippen molar-refractivity contribution in [2.75, 3.05) is 0 Å². The first kappa shape index (κ1) is 34.5. The van der Waals surface area contributed by atoms with E-state index in [9.17, 15) is 0 Å². The zero-order valence-corrected chi connectivity index (χ0v) is 7.75. The fraction of sp³-hybridized carbons (Fsp3) is 0. The van der Waals surface area contributed by atoms with Crippen LogP contribution in [0.4, 0.5) is 0 Å². The first-order valence-electron chi connectivity index (χ1n) is 0. The number of hydrogen-bond acceptors (Lipinski definition) is 0. The van der Waals surface area contributed by atoms with Crippen LogP contribution in [-0.2, 0) is 56.4 Å². The van der Waals surface area contributed by atoms with Crippen LogP contribution in [-0.4, -0.2) is 0 Å². The van der Waals surface area contributed by atoms with Gasteiger partial charge in [0.05, 0.1) is 0 Å². The second-order valence-corrected chi connectivity index (χ2v) is 0. The average molecular weight is 240 g/mol. The van der Waals surface area contributed by atoms with E-state index in [1.165, 1.54) is 0 Å². The Hall–Kier alpha value is 2.21. The molecule has 0 N–H and O–H groups in total. The van der Waals surface area contributed by atoms with Crippen molar-refractivity contribution in [3.63, 3.8) is 0 Å². The molecular formula is H3CoMoPV. The molecule has 4 heavy (non-hydrogen) atoms. The van der Waals surface area contributed by atoms with Gasteiger partial charge in [0.2, 0.25) is 0 Å². The molecule has 0 spiro atoms. The standard InChI is InChI=1S/Co.Mo.H3P.V/h;;1H3;. The van der Waals surface area contributed by atoms with Gasteiger partial charge in [0, 0.05) is 56.4 Å². The van der Waals surface area contributed by atoms with Gasteiger partial charge in [-0.05, 0) is 0 Å². The van der Waals surface area contributed by atoms with Crippen LogP contribution in [0.5, 0.6) is 0 Å². The van der Waals surface area contributed by atoms with Gasteiger partial charge in [-0.15, -0.1) is 0 Å². The van der Waals surface area contributed by atoms with Gasteiger partial charge in [-0.25, -0.2) is 0 Å². The largest absolute Gasteiger partial charge is 0.153 e. The summed E-state index contributed by atoms with van der Waals surface area (Å²) in [6.45, 7) is 0. The fourth-order valence-electron chi connectivity index (χ4n) is 0. The quantitative estimate of drug-likeness (QED) is 0.414. The topological polar surface area (TPSA) is 0 Å². The van der Waals surface area contributed by atoms with Crippen LogP contribution in [0, 0.1) is 0 Å². The summed E-state index contributed by atoms with van der Waals surface area (Å²) in [6.07, 6.45) is 0. The van der Waals surface area contributed by atoms with Crippen molar-refractivity contribution in [2.24, 2.45) is 0 Å². The van der Waals surface area contributed by atoms with E-state index in [0.29, 0.717) is 0 Å². The number of hydrogen-bond donors (Lipinski definition) is 0. The SMILES string of the molecule is P.[Co].[Mo].[V]. The van der Waals surface area contributed by atoms with Gasteiger partial charge in [0.1, 0.15) is 0 Å². The molecule has 28 valence electrons. The molecule has 1 unspecified atom stereocenters. The summed E-state index contributed by atoms with van der Waals surface area (Å²) in [5.41, 5.74) is 0. The molecule has 0 aromatic heterocycles. The molecule has 0 amide bonds. The molecule has 0 aliphatic rings. The Balaban J connectivity index is 0. The van der Waals surface area contributed by atoms with Gasteiger partial charge in [0.15, 0.2) is 0 Å². The van der Waals surface area contributed by atoms with E-state index in [2.05, 4.69) is 0 Å². The van der Waals surface area contributed by atoms with E-state index in [1.807, 2.05) is 0 Å². The molecule has 0 aromatic rings. The molecule has 0 aromatic carbocycles. The summed E-state index contributed by atoms with van der Waals surface area (Å²) in [5.74, 6) is 0. The van der Waals surface area contributed by atoms with Gasteiger partial charge < -0.3 is 0 Å². The Morgan fingerprint density at radius 3 is 1.00 bits per heavy atom. The maximum atomic E-state index is 0. The van der Waals surface area contributed by atoms with Gasteiger partial charge in [-0.2, -0.15) is 9.90 Å². The molecule has 0 fully saturated rings. The van der Waals surface area contributed by atoms with Crippen LogP contribution in [0.1, 0.15) is 0 Å². The summed E-state index contributed by atoms with van der Waals surface area (Å²) >= 11 is 0. The molecule has 0 saturated heterocycles. The Bertz CT molecular complexity index is 8.00. The minimum atomic E-state index is 0. The van der Waals surface area contributed by atoms with Gasteiger partial charge in [0.25, 0.3) is 0 Å². The molecule has 0 aliphatic heterocycles. The predicted molar refractivity (Wildman–Crippen MR) is 11.1 cm³/mol. The van der Waals surface area contributed by atoms with E-state index < -0.39 is 0 Å². The van der Waals surface area contributed by atoms with E-state index >= 15 is 0 Å². The van der Waals surface area contributed by atoms with Crippen LogP contribution in [0.15, 0.2) is 0 Å². The van der Waals surface area contributed by atoms with Crippen molar-refractivity contribution in [1.82, 2.24) is 0 Å². The number of rotatable bonds is 0. The maximum absolute atomic E-state index is 0. The summed E-state index contributed by atoms with van der Waals surface area (Å²) in [5, 5.41) is 0. The van der Waals surface area contributed by atoms with Crippen LogP contribution in [0.3, 0.4) is 0 Å². The third-order valence-corrected chi connectivity index (χ3v) is 0. The van der Waals surface area contributed by atoms with E-state index in [0.717, 1.165) is 0 Å². The second-order valence-electron chi connectivity index (χ2n) is 0. The first-order valence-corrected chi connectivity index (χ1v) is 0. The minimum absolute atomic E-state index is 0. The van der Waals surface area contributed by atoms with Crippen LogP contribution in [0.2, 0.25) is 0 Å². The van der Waals surface area contributed by atoms with Crippen molar-refractivity contribution in [2.45, 2.75) is 0 Å². The molecule has 0 nitrogen and oxygen atoms in total. The Morgan fingerprint density at radius 1 is 1.00 bits per heavy atom. The molecule has 0 aliphatic carbocycles. The molecule has 0 rings (SSSR count). The molecular weight excluding hydrogens is 237 g/mol. The zero-order chi connectivity index (χ0) is 0. The van der Waals surface area contributed by atoms with Crippen LogP contribution in [0.25, 0.3) is 0 Å². The Morgan fingerprint density at radius 2 is 1.00 bits per heavy atom. The van der Waals surface area contributed by atoms with Crippen LogP contribution >= 0.6 is 9.90 Å². The summed E-state index contributed by atoms with van der Waals surface area (Å²) in [4.78, 5) is 0. The van der Waals surface area contributed by atoms with Crippen molar-refractivity contribution in [3.8, 4) is 0 Å². The third-order valence-electron chi connectivity index (χ3n) is 0. The van der Waals surface area contributed by atoms with Crippen LogP contribution < -0.4 is 0 Å². The maximum Gasteiger partial charge on any atom is 0 e. The summed E-state index contributed by atoms with van der Waals surface area (Å²) < 4.78 is 0. The molecule has 0 heterocycles. The van der Waals surface area contributed by atoms with Gasteiger partial charge in [-0.1, -0.05) is 0 Å². The predicted octanol–water partition coefficient (Wildman–Crippen LogP) is 0.0506. The molecule has 4 heteroatoms. The zero-order valence-electron chi connectivity index (χ0n) is 1.90. The molecule has 0 saturated carbocycles. The fourth-order valence-corrected chi connectivity index (χ4v) is 0. The van der Waals surface area contributed by atoms with Gasteiger partial charge >= 0.3 is 0 Å². The molecule has 1 atom stereocenters. The smallest absolute Gasteiger partial charge is 0 e. The van der Waals surface area contributed by atoms with Crippen molar-refractivity contribution in [3.05, 3.63) is 0 Å². The Kier molecular flexibility index (Phi) is 163. The van der Waals surface area contributed by atoms with Crippen molar-refractivity contribution >= 4 is 9.90 Å². The normalized spacial score (nSPS) is 0.